The van der Waals surface area contributed by atoms with Gasteiger partial charge in [-0.15, -0.1) is 5.10 Å². The first-order valence-electron chi connectivity index (χ1n) is 6.16. The molecule has 3 rings (SSSR count). The van der Waals surface area contributed by atoms with E-state index in [1.807, 2.05) is 0 Å². The van der Waals surface area contributed by atoms with Gasteiger partial charge < -0.3 is 5.32 Å². The van der Waals surface area contributed by atoms with Crippen molar-refractivity contribution in [1.82, 2.24) is 14.6 Å². The molecule has 0 saturated heterocycles. The Labute approximate surface area is 121 Å². The summed E-state index contributed by atoms with van der Waals surface area (Å²) in [7, 11) is 0. The summed E-state index contributed by atoms with van der Waals surface area (Å²) in [5, 5.41) is 7.60. The number of halogens is 2. The number of aromatic nitrogens is 3. The van der Waals surface area contributed by atoms with Crippen LogP contribution in [0.2, 0.25) is 0 Å². The van der Waals surface area contributed by atoms with Crippen molar-refractivity contribution in [3.05, 3.63) is 58.0 Å². The van der Waals surface area contributed by atoms with Crippen LogP contribution >= 0.6 is 11.3 Å². The molecule has 0 fully saturated rings. The SMILES string of the molecule is O=c1ccnc2sc(NCCc3ccc(F)cc3F)nn12. The second-order valence-corrected chi connectivity index (χ2v) is 5.25. The Morgan fingerprint density at radius 2 is 2.14 bits per heavy atom. The smallest absolute Gasteiger partial charge is 0.275 e. The van der Waals surface area contributed by atoms with Crippen LogP contribution in [0.5, 0.6) is 0 Å². The van der Waals surface area contributed by atoms with Gasteiger partial charge in [0.1, 0.15) is 11.6 Å². The monoisotopic (exact) mass is 308 g/mol. The average molecular weight is 308 g/mol. The van der Waals surface area contributed by atoms with Crippen LogP contribution in [0.4, 0.5) is 13.9 Å². The van der Waals surface area contributed by atoms with Crippen molar-refractivity contribution in [3.63, 3.8) is 0 Å². The van der Waals surface area contributed by atoms with Crippen LogP contribution in [0.25, 0.3) is 4.96 Å². The summed E-state index contributed by atoms with van der Waals surface area (Å²) in [6.07, 6.45) is 1.80. The molecule has 0 radical (unpaired) electrons. The highest BCUT2D eigenvalue weighted by Crippen LogP contribution is 2.16. The number of benzene rings is 1. The lowest BCUT2D eigenvalue weighted by Crippen LogP contribution is -2.13. The second-order valence-electron chi connectivity index (χ2n) is 4.30. The molecule has 108 valence electrons. The normalized spacial score (nSPS) is 11.0. The molecule has 2 heterocycles. The third kappa shape index (κ3) is 2.89. The van der Waals surface area contributed by atoms with E-state index in [4.69, 9.17) is 0 Å². The van der Waals surface area contributed by atoms with Gasteiger partial charge in [-0.1, -0.05) is 17.4 Å². The standard InChI is InChI=1S/C13H10F2N4OS/c14-9-2-1-8(10(15)7-9)3-5-16-12-18-19-11(20)4-6-17-13(19)21-12/h1-2,4,6-7H,3,5H2,(H,16,18). The highest BCUT2D eigenvalue weighted by atomic mass is 32.1. The number of anilines is 1. The molecule has 8 heteroatoms. The molecule has 1 N–H and O–H groups in total. The first-order chi connectivity index (χ1) is 10.1. The van der Waals surface area contributed by atoms with E-state index in [-0.39, 0.29) is 5.56 Å². The lowest BCUT2D eigenvalue weighted by molar-refractivity contribution is 0.572. The van der Waals surface area contributed by atoms with E-state index in [1.165, 1.54) is 40.2 Å². The van der Waals surface area contributed by atoms with Crippen LogP contribution < -0.4 is 10.9 Å². The van der Waals surface area contributed by atoms with E-state index in [9.17, 15) is 13.6 Å². The summed E-state index contributed by atoms with van der Waals surface area (Å²) in [4.78, 5) is 16.0. The molecule has 0 unspecified atom stereocenters. The van der Waals surface area contributed by atoms with Gasteiger partial charge in [0.15, 0.2) is 0 Å². The van der Waals surface area contributed by atoms with E-state index in [0.29, 0.717) is 28.6 Å². The summed E-state index contributed by atoms with van der Waals surface area (Å²) >= 11 is 1.23. The Kier molecular flexibility index (Phi) is 3.61. The Balaban J connectivity index is 1.69. The van der Waals surface area contributed by atoms with Crippen molar-refractivity contribution >= 4 is 21.4 Å². The van der Waals surface area contributed by atoms with Gasteiger partial charge in [0.2, 0.25) is 10.1 Å². The lowest BCUT2D eigenvalue weighted by atomic mass is 10.1. The van der Waals surface area contributed by atoms with Crippen molar-refractivity contribution in [2.24, 2.45) is 0 Å². The lowest BCUT2D eigenvalue weighted by Gasteiger charge is -2.04. The average Bonchev–Trinajstić information content (AvgIpc) is 2.86. The van der Waals surface area contributed by atoms with Crippen LogP contribution in [0.1, 0.15) is 5.56 Å². The van der Waals surface area contributed by atoms with Crippen LogP contribution in [-0.2, 0) is 6.42 Å². The molecule has 0 aliphatic rings. The molecule has 0 atom stereocenters. The summed E-state index contributed by atoms with van der Waals surface area (Å²) in [5.41, 5.74) is 0.161. The fraction of sp³-hybridized carbons (Fsp3) is 0.154. The number of nitrogens with zero attached hydrogens (tertiary/aromatic N) is 3. The highest BCUT2D eigenvalue weighted by Gasteiger charge is 2.07. The fourth-order valence-electron chi connectivity index (χ4n) is 1.84. The Hall–Kier alpha value is -2.35. The minimum atomic E-state index is -0.596. The van der Waals surface area contributed by atoms with Crippen LogP contribution in [0, 0.1) is 11.6 Å². The second kappa shape index (κ2) is 5.57. The molecule has 1 aromatic carbocycles. The van der Waals surface area contributed by atoms with E-state index in [2.05, 4.69) is 15.4 Å². The zero-order valence-electron chi connectivity index (χ0n) is 10.7. The van der Waals surface area contributed by atoms with Crippen molar-refractivity contribution in [2.75, 3.05) is 11.9 Å². The molecule has 21 heavy (non-hydrogen) atoms. The van der Waals surface area contributed by atoms with Gasteiger partial charge in [-0.05, 0) is 18.1 Å². The molecule has 0 bridgehead atoms. The van der Waals surface area contributed by atoms with Gasteiger partial charge >= 0.3 is 0 Å². The summed E-state index contributed by atoms with van der Waals surface area (Å²) < 4.78 is 27.4. The Morgan fingerprint density at radius 1 is 1.29 bits per heavy atom. The molecule has 0 saturated carbocycles. The third-order valence-electron chi connectivity index (χ3n) is 2.86. The van der Waals surface area contributed by atoms with E-state index < -0.39 is 11.6 Å². The maximum atomic E-state index is 13.5. The zero-order chi connectivity index (χ0) is 14.8. The van der Waals surface area contributed by atoms with Crippen LogP contribution in [0.3, 0.4) is 0 Å². The first kappa shape index (κ1) is 13.6. The third-order valence-corrected chi connectivity index (χ3v) is 3.74. The van der Waals surface area contributed by atoms with Gasteiger partial charge in [-0.25, -0.2) is 13.8 Å². The predicted molar refractivity (Wildman–Crippen MR) is 75.7 cm³/mol. The summed E-state index contributed by atoms with van der Waals surface area (Å²) in [6, 6.07) is 4.82. The molecule has 5 nitrogen and oxygen atoms in total. The van der Waals surface area contributed by atoms with Crippen LogP contribution in [0.15, 0.2) is 35.3 Å². The maximum Gasteiger partial charge on any atom is 0.275 e. The largest absolute Gasteiger partial charge is 0.360 e. The highest BCUT2D eigenvalue weighted by molar-refractivity contribution is 7.20. The Morgan fingerprint density at radius 3 is 2.90 bits per heavy atom. The molecule has 0 aliphatic heterocycles. The molecule has 0 spiro atoms. The summed E-state index contributed by atoms with van der Waals surface area (Å²) in [5.74, 6) is -1.17. The molecule has 0 aliphatic carbocycles. The van der Waals surface area contributed by atoms with Gasteiger partial charge in [0.25, 0.3) is 5.56 Å². The quantitative estimate of drug-likeness (QED) is 0.802. The minimum Gasteiger partial charge on any atom is -0.360 e. The van der Waals surface area contributed by atoms with Crippen molar-refractivity contribution in [2.45, 2.75) is 6.42 Å². The van der Waals surface area contributed by atoms with E-state index >= 15 is 0 Å². The van der Waals surface area contributed by atoms with Crippen molar-refractivity contribution < 1.29 is 8.78 Å². The van der Waals surface area contributed by atoms with E-state index in [0.717, 1.165) is 6.07 Å². The maximum absolute atomic E-state index is 13.5. The molecular formula is C13H10F2N4OS. The number of fused-ring (bicyclic) bond motifs is 1. The molecule has 2 aromatic heterocycles. The molecule has 0 amide bonds. The predicted octanol–water partition coefficient (Wildman–Crippen LogP) is 2.08. The minimum absolute atomic E-state index is 0.256. The Bertz CT molecular complexity index is 846. The first-order valence-corrected chi connectivity index (χ1v) is 6.98. The number of hydrogen-bond acceptors (Lipinski definition) is 5. The van der Waals surface area contributed by atoms with Gasteiger partial charge in [0, 0.05) is 24.9 Å². The molecular weight excluding hydrogens is 298 g/mol. The summed E-state index contributed by atoms with van der Waals surface area (Å²) in [6.45, 7) is 0.414. The van der Waals surface area contributed by atoms with Gasteiger partial charge in [-0.3, -0.25) is 4.79 Å². The fourth-order valence-corrected chi connectivity index (χ4v) is 2.64. The van der Waals surface area contributed by atoms with E-state index in [1.54, 1.807) is 0 Å². The van der Waals surface area contributed by atoms with Crippen LogP contribution in [-0.4, -0.2) is 21.1 Å². The topological polar surface area (TPSA) is 59.3 Å². The van der Waals surface area contributed by atoms with Crippen molar-refractivity contribution in [3.8, 4) is 0 Å². The number of rotatable bonds is 4. The van der Waals surface area contributed by atoms with Crippen molar-refractivity contribution in [1.29, 1.82) is 0 Å². The molecule has 3 aromatic rings. The zero-order valence-corrected chi connectivity index (χ0v) is 11.5. The van der Waals surface area contributed by atoms with Gasteiger partial charge in [-0.2, -0.15) is 4.52 Å². The number of nitrogens with one attached hydrogen (secondary N) is 1. The van der Waals surface area contributed by atoms with Gasteiger partial charge in [0.05, 0.1) is 0 Å². The number of hydrogen-bond donors (Lipinski definition) is 1.